The maximum atomic E-state index is 15.3. The van der Waals surface area contributed by atoms with Crippen LogP contribution in [0.5, 0.6) is 0 Å². The van der Waals surface area contributed by atoms with Crippen LogP contribution in [0.25, 0.3) is 10.9 Å². The van der Waals surface area contributed by atoms with Crippen LogP contribution in [0.4, 0.5) is 17.6 Å². The molecule has 2 aromatic carbocycles. The number of hydrogen-bond acceptors (Lipinski definition) is 3. The third-order valence-corrected chi connectivity index (χ3v) is 6.37. The van der Waals surface area contributed by atoms with E-state index in [0.29, 0.717) is 43.3 Å². The number of hydrogen-bond donors (Lipinski definition) is 1. The molecule has 3 aromatic rings. The van der Waals surface area contributed by atoms with Crippen molar-refractivity contribution in [3.8, 4) is 0 Å². The van der Waals surface area contributed by atoms with Gasteiger partial charge in [-0.1, -0.05) is 37.6 Å². The van der Waals surface area contributed by atoms with E-state index >= 15 is 4.39 Å². The van der Waals surface area contributed by atoms with Crippen molar-refractivity contribution in [2.45, 2.75) is 64.4 Å². The number of pyridine rings is 1. The van der Waals surface area contributed by atoms with Gasteiger partial charge in [-0.2, -0.15) is 13.2 Å². The Kier molecular flexibility index (Phi) is 8.34. The van der Waals surface area contributed by atoms with Gasteiger partial charge in [-0.15, -0.1) is 6.58 Å². The van der Waals surface area contributed by atoms with Gasteiger partial charge in [0.1, 0.15) is 5.82 Å². The van der Waals surface area contributed by atoms with Crippen LogP contribution in [0.15, 0.2) is 66.9 Å². The number of alkyl halides is 3. The first kappa shape index (κ1) is 26.8. The Bertz CT molecular complexity index is 1160. The summed E-state index contributed by atoms with van der Waals surface area (Å²) < 4.78 is 54.0. The fourth-order valence-corrected chi connectivity index (χ4v) is 4.70. The number of aromatic nitrogens is 1. The van der Waals surface area contributed by atoms with E-state index in [1.807, 2.05) is 20.8 Å². The molecule has 0 bridgehead atoms. The fraction of sp³-hybridized carbons (Fsp3) is 0.393. The van der Waals surface area contributed by atoms with Gasteiger partial charge in [0.05, 0.1) is 16.7 Å². The Morgan fingerprint density at radius 1 is 1.14 bits per heavy atom. The second-order valence-corrected chi connectivity index (χ2v) is 8.96. The van der Waals surface area contributed by atoms with Crippen LogP contribution in [0.3, 0.4) is 0 Å². The van der Waals surface area contributed by atoms with Crippen molar-refractivity contribution in [3.05, 3.63) is 89.4 Å². The van der Waals surface area contributed by atoms with Crippen molar-refractivity contribution in [3.63, 3.8) is 0 Å². The van der Waals surface area contributed by atoms with Crippen molar-refractivity contribution in [2.75, 3.05) is 6.54 Å². The average molecular weight is 489 g/mol. The number of piperidine rings is 1. The summed E-state index contributed by atoms with van der Waals surface area (Å²) in [5.74, 6) is -0.464. The fourth-order valence-electron chi connectivity index (χ4n) is 4.70. The molecule has 2 atom stereocenters. The number of benzene rings is 2. The van der Waals surface area contributed by atoms with Crippen LogP contribution < -0.4 is 0 Å². The van der Waals surface area contributed by atoms with Crippen LogP contribution in [0.1, 0.15) is 56.7 Å². The van der Waals surface area contributed by atoms with E-state index in [0.717, 1.165) is 23.3 Å². The molecule has 2 unspecified atom stereocenters. The second kappa shape index (κ2) is 10.9. The maximum absolute atomic E-state index is 15.3. The van der Waals surface area contributed by atoms with E-state index in [-0.39, 0.29) is 11.6 Å². The quantitative estimate of drug-likeness (QED) is 0.304. The minimum Gasteiger partial charge on any atom is -0.385 e. The number of aliphatic hydroxyl groups is 1. The molecular weight excluding hydrogens is 456 g/mol. The zero-order chi connectivity index (χ0) is 25.8. The molecule has 188 valence electrons. The molecule has 0 aliphatic carbocycles. The largest absolute Gasteiger partial charge is 0.416 e. The highest BCUT2D eigenvalue weighted by Gasteiger charge is 2.41. The molecule has 1 fully saturated rings. The lowest BCUT2D eigenvalue weighted by Gasteiger charge is -2.44. The van der Waals surface area contributed by atoms with Gasteiger partial charge in [0.15, 0.2) is 0 Å². The van der Waals surface area contributed by atoms with Gasteiger partial charge < -0.3 is 5.11 Å². The molecule has 0 saturated carbocycles. The lowest BCUT2D eigenvalue weighted by Crippen LogP contribution is -2.49. The van der Waals surface area contributed by atoms with Gasteiger partial charge in [0, 0.05) is 36.3 Å². The monoisotopic (exact) mass is 488 g/mol. The minimum absolute atomic E-state index is 0.132. The SMILES string of the molecule is C=C(C)CC1CC(O)(c2ccc3ncccc3c2F)CCN1Cc1ccc(C(F)(F)F)cc1.CC. The number of likely N-dealkylation sites (tertiary alicyclic amines) is 1. The third-order valence-electron chi connectivity index (χ3n) is 6.37. The lowest BCUT2D eigenvalue weighted by atomic mass is 9.78. The highest BCUT2D eigenvalue weighted by molar-refractivity contribution is 5.80. The Balaban J connectivity index is 0.00000167. The number of halogens is 4. The van der Waals surface area contributed by atoms with Crippen LogP contribution in [-0.4, -0.2) is 27.6 Å². The summed E-state index contributed by atoms with van der Waals surface area (Å²) >= 11 is 0. The van der Waals surface area contributed by atoms with Crippen LogP contribution in [-0.2, 0) is 18.3 Å². The van der Waals surface area contributed by atoms with Gasteiger partial charge in [-0.05, 0) is 62.1 Å². The van der Waals surface area contributed by atoms with Crippen molar-refractivity contribution < 1.29 is 22.7 Å². The number of nitrogens with zero attached hydrogens (tertiary/aromatic N) is 2. The van der Waals surface area contributed by atoms with E-state index in [9.17, 15) is 18.3 Å². The van der Waals surface area contributed by atoms with Crippen LogP contribution in [0.2, 0.25) is 0 Å². The summed E-state index contributed by atoms with van der Waals surface area (Å²) in [5, 5.41) is 11.9. The zero-order valence-corrected chi connectivity index (χ0v) is 20.4. The number of rotatable bonds is 5. The lowest BCUT2D eigenvalue weighted by molar-refractivity contribution is -0.137. The third kappa shape index (κ3) is 6.08. The molecule has 0 amide bonds. The van der Waals surface area contributed by atoms with Crippen molar-refractivity contribution >= 4 is 10.9 Å². The molecule has 0 radical (unpaired) electrons. The smallest absolute Gasteiger partial charge is 0.385 e. The molecule has 3 nitrogen and oxygen atoms in total. The summed E-state index contributed by atoms with van der Waals surface area (Å²) in [4.78, 5) is 6.30. The first-order valence-electron chi connectivity index (χ1n) is 11.9. The average Bonchev–Trinajstić information content (AvgIpc) is 2.82. The maximum Gasteiger partial charge on any atom is 0.416 e. The van der Waals surface area contributed by atoms with Crippen molar-refractivity contribution in [1.29, 1.82) is 0 Å². The van der Waals surface area contributed by atoms with Gasteiger partial charge in [-0.25, -0.2) is 4.39 Å². The first-order valence-corrected chi connectivity index (χ1v) is 11.9. The van der Waals surface area contributed by atoms with Gasteiger partial charge in [0.25, 0.3) is 0 Å². The van der Waals surface area contributed by atoms with E-state index < -0.39 is 23.2 Å². The van der Waals surface area contributed by atoms with Crippen molar-refractivity contribution in [2.24, 2.45) is 0 Å². The molecule has 1 saturated heterocycles. The van der Waals surface area contributed by atoms with Gasteiger partial charge in [-0.3, -0.25) is 9.88 Å². The predicted octanol–water partition coefficient (Wildman–Crippen LogP) is 7.24. The van der Waals surface area contributed by atoms with Crippen LogP contribution >= 0.6 is 0 Å². The molecular formula is C28H32F4N2O. The van der Waals surface area contributed by atoms with E-state index in [1.54, 1.807) is 30.5 Å². The predicted molar refractivity (Wildman–Crippen MR) is 131 cm³/mol. The Morgan fingerprint density at radius 3 is 2.46 bits per heavy atom. The molecule has 1 aliphatic rings. The number of fused-ring (bicyclic) bond motifs is 1. The molecule has 0 spiro atoms. The summed E-state index contributed by atoms with van der Waals surface area (Å²) in [6, 6.07) is 11.6. The molecule has 4 rings (SSSR count). The topological polar surface area (TPSA) is 36.4 Å². The molecule has 7 heteroatoms. The van der Waals surface area contributed by atoms with Crippen LogP contribution in [0, 0.1) is 5.82 Å². The molecule has 1 aromatic heterocycles. The standard InChI is InChI=1S/C26H26F4N2O.C2H6/c1-17(2)14-20-15-25(33,22-9-10-23-21(24(22)27)4-3-12-31-23)11-13-32(20)16-18-5-7-19(8-6-18)26(28,29)30;1-2/h3-10,12,20,33H,1,11,13-16H2,2H3;1-2H3. The normalized spacial score (nSPS) is 20.9. The highest BCUT2D eigenvalue weighted by atomic mass is 19.4. The first-order chi connectivity index (χ1) is 16.6. The minimum atomic E-state index is -4.37. The highest BCUT2D eigenvalue weighted by Crippen LogP contribution is 2.40. The molecule has 1 N–H and O–H groups in total. The Labute approximate surface area is 204 Å². The van der Waals surface area contributed by atoms with E-state index in [4.69, 9.17) is 0 Å². The van der Waals surface area contributed by atoms with Crippen molar-refractivity contribution in [1.82, 2.24) is 9.88 Å². The summed E-state index contributed by atoms with van der Waals surface area (Å²) in [5.41, 5.74) is 0.418. The molecule has 35 heavy (non-hydrogen) atoms. The summed E-state index contributed by atoms with van der Waals surface area (Å²) in [7, 11) is 0. The summed E-state index contributed by atoms with van der Waals surface area (Å²) in [6.45, 7) is 10.8. The zero-order valence-electron chi connectivity index (χ0n) is 20.4. The van der Waals surface area contributed by atoms with E-state index in [2.05, 4.69) is 16.5 Å². The Hall–Kier alpha value is -2.77. The Morgan fingerprint density at radius 2 is 1.83 bits per heavy atom. The van der Waals surface area contributed by atoms with Gasteiger partial charge >= 0.3 is 6.18 Å². The molecule has 1 aliphatic heterocycles. The second-order valence-electron chi connectivity index (χ2n) is 8.96. The van der Waals surface area contributed by atoms with E-state index in [1.165, 1.54) is 12.1 Å². The van der Waals surface area contributed by atoms with Gasteiger partial charge in [0.2, 0.25) is 0 Å². The molecule has 2 heterocycles. The summed E-state index contributed by atoms with van der Waals surface area (Å²) in [6.07, 6.45) is -1.58.